The normalized spacial score (nSPS) is 15.9. The Morgan fingerprint density at radius 3 is 2.48 bits per heavy atom. The van der Waals surface area contributed by atoms with Gasteiger partial charge in [-0.3, -0.25) is 9.10 Å². The summed E-state index contributed by atoms with van der Waals surface area (Å²) in [5, 5.41) is 2.86. The molecule has 138 valence electrons. The average Bonchev–Trinajstić information content (AvgIpc) is 2.60. The number of carbonyl (C=O) groups is 1. The first kappa shape index (κ1) is 19.3. The zero-order chi connectivity index (χ0) is 18.4. The summed E-state index contributed by atoms with van der Waals surface area (Å²) in [7, 11) is -2.07. The quantitative estimate of drug-likeness (QED) is 0.752. The molecule has 1 aromatic rings. The summed E-state index contributed by atoms with van der Waals surface area (Å²) in [5.74, 6) is 0.311. The Bertz CT molecular complexity index is 726. The molecule has 1 N–H and O–H groups in total. The van der Waals surface area contributed by atoms with Crippen molar-refractivity contribution in [1.29, 1.82) is 0 Å². The minimum absolute atomic E-state index is 0.312. The highest BCUT2D eigenvalue weighted by Gasteiger charge is 2.29. The molecule has 1 atom stereocenters. The largest absolute Gasteiger partial charge is 0.497 e. The number of benzene rings is 1. The second-order valence-corrected chi connectivity index (χ2v) is 8.12. The summed E-state index contributed by atoms with van der Waals surface area (Å²) < 4.78 is 30.7. The van der Waals surface area contributed by atoms with Crippen molar-refractivity contribution in [3.8, 4) is 5.75 Å². The smallest absolute Gasteiger partial charge is 0.243 e. The third kappa shape index (κ3) is 5.22. The first-order valence-electron chi connectivity index (χ1n) is 8.42. The Kier molecular flexibility index (Phi) is 6.47. The van der Waals surface area contributed by atoms with Gasteiger partial charge in [-0.1, -0.05) is 11.6 Å². The lowest BCUT2D eigenvalue weighted by Gasteiger charge is -2.28. The van der Waals surface area contributed by atoms with Crippen molar-refractivity contribution in [3.05, 3.63) is 35.9 Å². The number of nitrogens with zero attached hydrogens (tertiary/aromatic N) is 1. The van der Waals surface area contributed by atoms with Crippen LogP contribution in [0.15, 0.2) is 35.9 Å². The summed E-state index contributed by atoms with van der Waals surface area (Å²) in [6.07, 6.45) is 7.62. The first-order valence-corrected chi connectivity index (χ1v) is 10.3. The van der Waals surface area contributed by atoms with Crippen LogP contribution in [0.3, 0.4) is 0 Å². The van der Waals surface area contributed by atoms with Crippen molar-refractivity contribution in [3.63, 3.8) is 0 Å². The zero-order valence-corrected chi connectivity index (χ0v) is 15.8. The lowest BCUT2D eigenvalue weighted by Crippen LogP contribution is -2.48. The number of amides is 1. The van der Waals surface area contributed by atoms with Gasteiger partial charge in [0, 0.05) is 6.54 Å². The van der Waals surface area contributed by atoms with Crippen molar-refractivity contribution < 1.29 is 17.9 Å². The van der Waals surface area contributed by atoms with Gasteiger partial charge >= 0.3 is 0 Å². The van der Waals surface area contributed by atoms with Crippen LogP contribution in [0.4, 0.5) is 5.69 Å². The molecule has 0 aromatic heterocycles. The van der Waals surface area contributed by atoms with E-state index in [2.05, 4.69) is 11.4 Å². The number of rotatable bonds is 7. The number of ether oxygens (including phenoxy) is 1. The topological polar surface area (TPSA) is 75.7 Å². The molecular formula is C18H26N2O4S. The van der Waals surface area contributed by atoms with Gasteiger partial charge in [0.25, 0.3) is 0 Å². The maximum atomic E-state index is 12.5. The maximum Gasteiger partial charge on any atom is 0.243 e. The van der Waals surface area contributed by atoms with Crippen molar-refractivity contribution >= 4 is 21.6 Å². The number of sulfonamides is 1. The van der Waals surface area contributed by atoms with Gasteiger partial charge in [0.05, 0.1) is 19.1 Å². The van der Waals surface area contributed by atoms with Gasteiger partial charge in [0.1, 0.15) is 11.8 Å². The molecule has 0 saturated carbocycles. The van der Waals surface area contributed by atoms with Gasteiger partial charge in [-0.25, -0.2) is 8.42 Å². The van der Waals surface area contributed by atoms with Crippen molar-refractivity contribution in [2.24, 2.45) is 0 Å². The molecule has 0 bridgehead atoms. The first-order chi connectivity index (χ1) is 11.8. The number of allylic oxidation sites excluding steroid dienone is 1. The predicted molar refractivity (Wildman–Crippen MR) is 99.3 cm³/mol. The van der Waals surface area contributed by atoms with Gasteiger partial charge in [-0.05, 0) is 56.9 Å². The monoisotopic (exact) mass is 366 g/mol. The molecule has 1 aliphatic rings. The molecular weight excluding hydrogens is 340 g/mol. The van der Waals surface area contributed by atoms with Gasteiger partial charge in [-0.2, -0.15) is 0 Å². The fraction of sp³-hybridized carbons (Fsp3) is 0.500. The van der Waals surface area contributed by atoms with Crippen LogP contribution in [0.25, 0.3) is 0 Å². The lowest BCUT2D eigenvalue weighted by atomic mass is 10.00. The molecule has 0 fully saturated rings. The highest BCUT2D eigenvalue weighted by molar-refractivity contribution is 7.92. The molecule has 0 aliphatic heterocycles. The zero-order valence-electron chi connectivity index (χ0n) is 15.0. The Balaban J connectivity index is 2.13. The van der Waals surface area contributed by atoms with E-state index in [9.17, 15) is 13.2 Å². The number of hydrogen-bond acceptors (Lipinski definition) is 4. The minimum Gasteiger partial charge on any atom is -0.497 e. The summed E-state index contributed by atoms with van der Waals surface area (Å²) in [4.78, 5) is 12.5. The van der Waals surface area contributed by atoms with Crippen molar-refractivity contribution in [2.45, 2.75) is 38.6 Å². The standard InChI is InChI=1S/C18H26N2O4S/c1-14(18(21)19-13-15-7-5-4-6-8-15)20(25(3,22)23)16-9-11-17(24-2)12-10-16/h7,9-12,14H,4-6,8,13H2,1-3H3,(H,19,21)/t14-/m1/s1. The van der Waals surface area contributed by atoms with E-state index >= 15 is 0 Å². The average molecular weight is 366 g/mol. The molecule has 0 heterocycles. The predicted octanol–water partition coefficient (Wildman–Crippen LogP) is 2.47. The second-order valence-electron chi connectivity index (χ2n) is 6.26. The fourth-order valence-electron chi connectivity index (χ4n) is 2.95. The number of methoxy groups -OCH3 is 1. The van der Waals surface area contributed by atoms with Crippen LogP contribution in [-0.2, 0) is 14.8 Å². The van der Waals surface area contributed by atoms with Crippen LogP contribution < -0.4 is 14.4 Å². The van der Waals surface area contributed by atoms with E-state index in [-0.39, 0.29) is 5.91 Å². The molecule has 1 amide bonds. The summed E-state index contributed by atoms with van der Waals surface area (Å²) >= 11 is 0. The summed E-state index contributed by atoms with van der Waals surface area (Å²) in [6, 6.07) is 5.77. The van der Waals surface area contributed by atoms with E-state index in [1.807, 2.05) is 0 Å². The van der Waals surface area contributed by atoms with Crippen LogP contribution in [0.1, 0.15) is 32.6 Å². The molecule has 25 heavy (non-hydrogen) atoms. The van der Waals surface area contributed by atoms with Crippen molar-refractivity contribution in [2.75, 3.05) is 24.2 Å². The van der Waals surface area contributed by atoms with E-state index in [4.69, 9.17) is 4.74 Å². The van der Waals surface area contributed by atoms with Gasteiger partial charge in [0.15, 0.2) is 0 Å². The van der Waals surface area contributed by atoms with Crippen LogP contribution >= 0.6 is 0 Å². The van der Waals surface area contributed by atoms with Gasteiger partial charge < -0.3 is 10.1 Å². The highest BCUT2D eigenvalue weighted by Crippen LogP contribution is 2.24. The lowest BCUT2D eigenvalue weighted by molar-refractivity contribution is -0.121. The molecule has 1 aromatic carbocycles. The minimum atomic E-state index is -3.61. The van der Waals surface area contributed by atoms with Crippen LogP contribution in [0.2, 0.25) is 0 Å². The number of nitrogens with one attached hydrogen (secondary N) is 1. The Morgan fingerprint density at radius 2 is 1.96 bits per heavy atom. The van der Waals surface area contributed by atoms with Crippen LogP contribution in [0.5, 0.6) is 5.75 Å². The van der Waals surface area contributed by atoms with Gasteiger partial charge in [0.2, 0.25) is 15.9 Å². The molecule has 1 aliphatic carbocycles. The highest BCUT2D eigenvalue weighted by atomic mass is 32.2. The Morgan fingerprint density at radius 1 is 1.28 bits per heavy atom. The van der Waals surface area contributed by atoms with E-state index < -0.39 is 16.1 Å². The Hall–Kier alpha value is -2.02. The molecule has 0 unspecified atom stereocenters. The number of carbonyl (C=O) groups excluding carboxylic acids is 1. The molecule has 2 rings (SSSR count). The van der Waals surface area contributed by atoms with E-state index in [0.717, 1.165) is 29.8 Å². The third-order valence-electron chi connectivity index (χ3n) is 4.29. The third-order valence-corrected chi connectivity index (χ3v) is 5.53. The number of hydrogen-bond donors (Lipinski definition) is 1. The molecule has 0 radical (unpaired) electrons. The van der Waals surface area contributed by atoms with Crippen LogP contribution in [-0.4, -0.2) is 40.3 Å². The fourth-order valence-corrected chi connectivity index (χ4v) is 4.13. The second kappa shape index (κ2) is 8.38. The van der Waals surface area contributed by atoms with Crippen LogP contribution in [0, 0.1) is 0 Å². The maximum absolute atomic E-state index is 12.5. The van der Waals surface area contributed by atoms with E-state index in [1.165, 1.54) is 12.0 Å². The molecule has 6 nitrogen and oxygen atoms in total. The SMILES string of the molecule is COc1ccc(N([C@H](C)C(=O)NCC2=CCCCC2)S(C)(=O)=O)cc1. The number of anilines is 1. The van der Waals surface area contributed by atoms with E-state index in [0.29, 0.717) is 18.0 Å². The Labute approximate surface area is 149 Å². The molecule has 0 spiro atoms. The summed E-state index contributed by atoms with van der Waals surface area (Å²) in [5.41, 5.74) is 1.64. The van der Waals surface area contributed by atoms with Gasteiger partial charge in [-0.15, -0.1) is 0 Å². The summed E-state index contributed by atoms with van der Waals surface area (Å²) in [6.45, 7) is 2.07. The van der Waals surface area contributed by atoms with Crippen molar-refractivity contribution in [1.82, 2.24) is 5.32 Å². The molecule has 7 heteroatoms. The van der Waals surface area contributed by atoms with E-state index in [1.54, 1.807) is 38.3 Å². The molecule has 0 saturated heterocycles.